The predicted molar refractivity (Wildman–Crippen MR) is 68.1 cm³/mol. The number of nitrogens with one attached hydrogen (secondary N) is 2. The van der Waals surface area contributed by atoms with E-state index >= 15 is 0 Å². The van der Waals surface area contributed by atoms with Crippen molar-refractivity contribution in [2.75, 3.05) is 5.32 Å². The fourth-order valence-electron chi connectivity index (χ4n) is 1.51. The number of carbonyl (C=O) groups is 1. The summed E-state index contributed by atoms with van der Waals surface area (Å²) < 4.78 is 0. The van der Waals surface area contributed by atoms with Crippen molar-refractivity contribution < 1.29 is 9.90 Å². The smallest absolute Gasteiger partial charge is 0.363 e. The maximum Gasteiger partial charge on any atom is 0.363 e. The highest BCUT2D eigenvalue weighted by Gasteiger charge is 2.04. The molecule has 1 aromatic heterocycles. The van der Waals surface area contributed by atoms with Gasteiger partial charge in [0.15, 0.2) is 5.82 Å². The van der Waals surface area contributed by atoms with Gasteiger partial charge in [0.05, 0.1) is 5.56 Å². The summed E-state index contributed by atoms with van der Waals surface area (Å²) in [5.41, 5.74) is 1.18. The van der Waals surface area contributed by atoms with E-state index < -0.39 is 11.7 Å². The largest absolute Gasteiger partial charge is 0.478 e. The van der Waals surface area contributed by atoms with Crippen molar-refractivity contribution >= 4 is 11.8 Å². The minimum Gasteiger partial charge on any atom is -0.478 e. The molecule has 98 valence electrons. The molecule has 7 nitrogen and oxygen atoms in total. The molecule has 19 heavy (non-hydrogen) atoms. The van der Waals surface area contributed by atoms with E-state index in [1.807, 2.05) is 0 Å². The van der Waals surface area contributed by atoms with Gasteiger partial charge in [0, 0.05) is 6.54 Å². The second-order valence-corrected chi connectivity index (χ2v) is 3.93. The lowest BCUT2D eigenvalue weighted by Gasteiger charge is -2.07. The molecule has 1 aromatic carbocycles. The van der Waals surface area contributed by atoms with Gasteiger partial charge in [0.2, 0.25) is 0 Å². The van der Waals surface area contributed by atoms with Crippen molar-refractivity contribution in [2.24, 2.45) is 0 Å². The number of anilines is 1. The number of aryl methyl sites for hydroxylation is 1. The number of rotatable bonds is 4. The van der Waals surface area contributed by atoms with Crippen LogP contribution in [0.4, 0.5) is 5.82 Å². The fourth-order valence-corrected chi connectivity index (χ4v) is 1.51. The van der Waals surface area contributed by atoms with E-state index in [1.165, 1.54) is 12.1 Å². The lowest BCUT2D eigenvalue weighted by molar-refractivity contribution is 0.0697. The molecule has 0 bridgehead atoms. The lowest BCUT2D eigenvalue weighted by atomic mass is 10.1. The average molecular weight is 260 g/mol. The third-order valence-electron chi connectivity index (χ3n) is 2.54. The summed E-state index contributed by atoms with van der Waals surface area (Å²) in [6.45, 7) is 2.15. The first-order valence-electron chi connectivity index (χ1n) is 5.55. The number of benzene rings is 1. The minimum atomic E-state index is -0.962. The van der Waals surface area contributed by atoms with Crippen molar-refractivity contribution in [1.29, 1.82) is 0 Å². The van der Waals surface area contributed by atoms with Crippen LogP contribution in [-0.2, 0) is 6.54 Å². The SMILES string of the molecule is Cc1n[nH]c(=O)nc1NCc1ccc(C(=O)O)cc1. The zero-order valence-electron chi connectivity index (χ0n) is 10.2. The summed E-state index contributed by atoms with van der Waals surface area (Å²) >= 11 is 0. The Balaban J connectivity index is 2.08. The van der Waals surface area contributed by atoms with Gasteiger partial charge in [-0.2, -0.15) is 10.1 Å². The molecule has 1 heterocycles. The Labute approximate surface area is 108 Å². The van der Waals surface area contributed by atoms with Gasteiger partial charge in [-0.3, -0.25) is 0 Å². The van der Waals surface area contributed by atoms with Crippen LogP contribution in [0.15, 0.2) is 29.1 Å². The number of H-pyrrole nitrogens is 1. The molecule has 0 atom stereocenters. The molecule has 0 fully saturated rings. The quantitative estimate of drug-likeness (QED) is 0.749. The molecule has 0 saturated heterocycles. The van der Waals surface area contributed by atoms with Crippen LogP contribution >= 0.6 is 0 Å². The van der Waals surface area contributed by atoms with Crippen LogP contribution in [0.5, 0.6) is 0 Å². The molecule has 0 aliphatic carbocycles. The van der Waals surface area contributed by atoms with Gasteiger partial charge in [0.1, 0.15) is 5.69 Å². The van der Waals surface area contributed by atoms with Crippen molar-refractivity contribution in [1.82, 2.24) is 15.2 Å². The zero-order valence-corrected chi connectivity index (χ0v) is 10.2. The number of hydrogen-bond donors (Lipinski definition) is 3. The number of aromatic nitrogens is 3. The van der Waals surface area contributed by atoms with Crippen molar-refractivity contribution in [2.45, 2.75) is 13.5 Å². The highest BCUT2D eigenvalue weighted by Crippen LogP contribution is 2.08. The molecule has 0 amide bonds. The zero-order chi connectivity index (χ0) is 13.8. The second kappa shape index (κ2) is 5.30. The Morgan fingerprint density at radius 2 is 2.05 bits per heavy atom. The van der Waals surface area contributed by atoms with Gasteiger partial charge in [-0.1, -0.05) is 12.1 Å². The molecule has 0 radical (unpaired) electrons. The maximum absolute atomic E-state index is 11.0. The van der Waals surface area contributed by atoms with Crippen LogP contribution in [0.1, 0.15) is 21.6 Å². The number of nitrogens with zero attached hydrogens (tertiary/aromatic N) is 2. The molecular formula is C12H12N4O3. The molecule has 0 aliphatic heterocycles. The van der Waals surface area contributed by atoms with E-state index in [0.29, 0.717) is 18.1 Å². The first kappa shape index (κ1) is 12.7. The summed E-state index contributed by atoms with van der Waals surface area (Å²) in [6.07, 6.45) is 0. The van der Waals surface area contributed by atoms with Gasteiger partial charge in [0.25, 0.3) is 0 Å². The van der Waals surface area contributed by atoms with Gasteiger partial charge in [-0.25, -0.2) is 14.7 Å². The summed E-state index contributed by atoms with van der Waals surface area (Å²) in [4.78, 5) is 25.5. The van der Waals surface area contributed by atoms with E-state index in [9.17, 15) is 9.59 Å². The number of carboxylic acids is 1. The topological polar surface area (TPSA) is 108 Å². The highest BCUT2D eigenvalue weighted by atomic mass is 16.4. The van der Waals surface area contributed by atoms with E-state index in [-0.39, 0.29) is 5.56 Å². The lowest BCUT2D eigenvalue weighted by Crippen LogP contribution is -2.17. The third kappa shape index (κ3) is 3.15. The second-order valence-electron chi connectivity index (χ2n) is 3.93. The summed E-state index contributed by atoms with van der Waals surface area (Å²) in [6, 6.07) is 6.45. The molecule has 0 unspecified atom stereocenters. The fraction of sp³-hybridized carbons (Fsp3) is 0.167. The van der Waals surface area contributed by atoms with E-state index in [4.69, 9.17) is 5.11 Å². The van der Waals surface area contributed by atoms with Crippen molar-refractivity contribution in [3.8, 4) is 0 Å². The Morgan fingerprint density at radius 3 is 2.68 bits per heavy atom. The summed E-state index contributed by atoms with van der Waals surface area (Å²) in [5.74, 6) is -0.554. The maximum atomic E-state index is 11.0. The van der Waals surface area contributed by atoms with Gasteiger partial charge in [-0.15, -0.1) is 0 Å². The normalized spacial score (nSPS) is 10.2. The van der Waals surface area contributed by atoms with Crippen LogP contribution in [0.25, 0.3) is 0 Å². The average Bonchev–Trinajstić information content (AvgIpc) is 2.40. The summed E-state index contributed by atoms with van der Waals surface area (Å²) in [5, 5.41) is 17.8. The van der Waals surface area contributed by atoms with E-state index in [0.717, 1.165) is 5.56 Å². The van der Waals surface area contributed by atoms with Crippen molar-refractivity contribution in [3.05, 3.63) is 51.6 Å². The highest BCUT2D eigenvalue weighted by molar-refractivity contribution is 5.87. The Kier molecular flexibility index (Phi) is 3.56. The van der Waals surface area contributed by atoms with Gasteiger partial charge >= 0.3 is 11.7 Å². The first-order chi connectivity index (χ1) is 9.06. The number of aromatic carboxylic acids is 1. The number of hydrogen-bond acceptors (Lipinski definition) is 5. The standard InChI is InChI=1S/C12H12N4O3/c1-7-10(14-12(19)16-15-7)13-6-8-2-4-9(5-3-8)11(17)18/h2-5H,6H2,1H3,(H,17,18)(H2,13,14,16,19). The Bertz CT molecular complexity index is 649. The molecule has 2 aromatic rings. The third-order valence-corrected chi connectivity index (χ3v) is 2.54. The minimum absolute atomic E-state index is 0.232. The molecular weight excluding hydrogens is 248 g/mol. The molecule has 7 heteroatoms. The van der Waals surface area contributed by atoms with Gasteiger partial charge in [-0.05, 0) is 24.6 Å². The molecule has 0 aliphatic rings. The molecule has 0 spiro atoms. The van der Waals surface area contributed by atoms with Crippen LogP contribution < -0.4 is 11.0 Å². The number of carboxylic acid groups (broad SMARTS) is 1. The van der Waals surface area contributed by atoms with Crippen molar-refractivity contribution in [3.63, 3.8) is 0 Å². The first-order valence-corrected chi connectivity index (χ1v) is 5.55. The van der Waals surface area contributed by atoms with Crippen LogP contribution in [0.2, 0.25) is 0 Å². The molecule has 2 rings (SSSR count). The Hall–Kier alpha value is -2.70. The predicted octanol–water partition coefficient (Wildman–Crippen LogP) is 0.784. The molecule has 0 saturated carbocycles. The van der Waals surface area contributed by atoms with Crippen LogP contribution in [0.3, 0.4) is 0 Å². The van der Waals surface area contributed by atoms with Gasteiger partial charge < -0.3 is 10.4 Å². The summed E-state index contributed by atoms with van der Waals surface area (Å²) in [7, 11) is 0. The van der Waals surface area contributed by atoms with E-state index in [1.54, 1.807) is 19.1 Å². The molecule has 3 N–H and O–H groups in total. The van der Waals surface area contributed by atoms with Crippen LogP contribution in [-0.4, -0.2) is 26.3 Å². The van der Waals surface area contributed by atoms with Crippen LogP contribution in [0, 0.1) is 6.92 Å². The Morgan fingerprint density at radius 1 is 1.37 bits per heavy atom. The number of aromatic amines is 1. The van der Waals surface area contributed by atoms with E-state index in [2.05, 4.69) is 20.5 Å². The monoisotopic (exact) mass is 260 g/mol.